The van der Waals surface area contributed by atoms with Crippen LogP contribution in [0.1, 0.15) is 43.7 Å². The van der Waals surface area contributed by atoms with E-state index in [0.29, 0.717) is 29.2 Å². The van der Waals surface area contributed by atoms with Crippen molar-refractivity contribution in [2.45, 2.75) is 60.5 Å². The number of nitrogens with two attached hydrogens (primary N) is 1. The van der Waals surface area contributed by atoms with Crippen molar-refractivity contribution in [1.29, 1.82) is 0 Å². The van der Waals surface area contributed by atoms with Gasteiger partial charge in [0.2, 0.25) is 0 Å². The SMILES string of the molecule is CCCC(N)(CCc1ccc(Sc2cc(C(F)(F)F)ccc2O)cc1Cl)CCP(=O)(O)O. The van der Waals surface area contributed by atoms with E-state index in [0.717, 1.165) is 41.9 Å². The van der Waals surface area contributed by atoms with Crippen LogP contribution in [0.3, 0.4) is 0 Å². The van der Waals surface area contributed by atoms with E-state index in [1.54, 1.807) is 18.2 Å². The highest BCUT2D eigenvalue weighted by Crippen LogP contribution is 2.41. The molecule has 2 rings (SSSR count). The zero-order chi connectivity index (χ0) is 24.2. The molecule has 0 bridgehead atoms. The third-order valence-corrected chi connectivity index (χ3v) is 7.28. The van der Waals surface area contributed by atoms with Crippen molar-refractivity contribution in [2.75, 3.05) is 6.16 Å². The molecular formula is C21H26ClF3NO4PS. The minimum atomic E-state index is -4.52. The molecule has 0 fully saturated rings. The smallest absolute Gasteiger partial charge is 0.416 e. The molecule has 5 N–H and O–H groups in total. The zero-order valence-electron chi connectivity index (χ0n) is 17.4. The summed E-state index contributed by atoms with van der Waals surface area (Å²) in [6.45, 7) is 1.95. The highest BCUT2D eigenvalue weighted by atomic mass is 35.5. The van der Waals surface area contributed by atoms with Crippen LogP contribution in [-0.2, 0) is 17.2 Å². The lowest BCUT2D eigenvalue weighted by Crippen LogP contribution is -2.41. The molecule has 0 saturated carbocycles. The van der Waals surface area contributed by atoms with Crippen LogP contribution in [0.4, 0.5) is 13.2 Å². The Morgan fingerprint density at radius 3 is 2.34 bits per heavy atom. The van der Waals surface area contributed by atoms with Crippen molar-refractivity contribution in [2.24, 2.45) is 5.73 Å². The molecule has 5 nitrogen and oxygen atoms in total. The van der Waals surface area contributed by atoms with Crippen LogP contribution in [-0.4, -0.2) is 26.6 Å². The lowest BCUT2D eigenvalue weighted by Gasteiger charge is -2.30. The van der Waals surface area contributed by atoms with Crippen molar-refractivity contribution in [1.82, 2.24) is 0 Å². The Balaban J connectivity index is 2.12. The molecule has 0 heterocycles. The molecule has 0 saturated heterocycles. The zero-order valence-corrected chi connectivity index (χ0v) is 19.9. The molecule has 1 unspecified atom stereocenters. The topological polar surface area (TPSA) is 104 Å². The van der Waals surface area contributed by atoms with E-state index in [9.17, 15) is 22.8 Å². The van der Waals surface area contributed by atoms with Gasteiger partial charge in [-0.05, 0) is 61.6 Å². The summed E-state index contributed by atoms with van der Waals surface area (Å²) >= 11 is 7.34. The monoisotopic (exact) mass is 511 g/mol. The highest BCUT2D eigenvalue weighted by molar-refractivity contribution is 7.99. The number of rotatable bonds is 10. The lowest BCUT2D eigenvalue weighted by molar-refractivity contribution is -0.137. The molecule has 2 aromatic rings. The maximum absolute atomic E-state index is 12.9. The fraction of sp³-hybridized carbons (Fsp3) is 0.429. The molecule has 0 aliphatic rings. The third kappa shape index (κ3) is 8.28. The Morgan fingerprint density at radius 1 is 1.09 bits per heavy atom. The number of phenols is 1. The normalized spacial score (nSPS) is 14.4. The molecule has 178 valence electrons. The van der Waals surface area contributed by atoms with Crippen LogP contribution in [0.25, 0.3) is 0 Å². The van der Waals surface area contributed by atoms with E-state index >= 15 is 0 Å². The van der Waals surface area contributed by atoms with Crippen LogP contribution in [0.5, 0.6) is 5.75 Å². The summed E-state index contributed by atoms with van der Waals surface area (Å²) in [7, 11) is -4.15. The van der Waals surface area contributed by atoms with E-state index in [1.165, 1.54) is 0 Å². The van der Waals surface area contributed by atoms with Crippen LogP contribution >= 0.6 is 31.0 Å². The van der Waals surface area contributed by atoms with Crippen molar-refractivity contribution < 1.29 is 32.6 Å². The molecule has 11 heteroatoms. The Bertz CT molecular complexity index is 986. The van der Waals surface area contributed by atoms with Gasteiger partial charge in [-0.15, -0.1) is 0 Å². The molecule has 2 aromatic carbocycles. The predicted molar refractivity (Wildman–Crippen MR) is 120 cm³/mol. The summed E-state index contributed by atoms with van der Waals surface area (Å²) in [5, 5.41) is 10.3. The number of hydrogen-bond donors (Lipinski definition) is 4. The van der Waals surface area contributed by atoms with Gasteiger partial charge in [0.15, 0.2) is 0 Å². The molecule has 0 aliphatic carbocycles. The van der Waals surface area contributed by atoms with E-state index in [4.69, 9.17) is 27.1 Å². The van der Waals surface area contributed by atoms with Gasteiger partial charge in [0.1, 0.15) is 5.75 Å². The predicted octanol–water partition coefficient (Wildman–Crippen LogP) is 6.21. The molecule has 0 amide bonds. The van der Waals surface area contributed by atoms with Gasteiger partial charge in [-0.25, -0.2) is 0 Å². The Labute approximate surface area is 194 Å². The van der Waals surface area contributed by atoms with E-state index in [1.807, 2.05) is 6.92 Å². The lowest BCUT2D eigenvalue weighted by atomic mass is 9.85. The van der Waals surface area contributed by atoms with Crippen LogP contribution < -0.4 is 5.73 Å². The van der Waals surface area contributed by atoms with Gasteiger partial charge < -0.3 is 20.6 Å². The first-order chi connectivity index (χ1) is 14.7. The second kappa shape index (κ2) is 10.8. The second-order valence-electron chi connectivity index (χ2n) is 7.79. The maximum atomic E-state index is 12.9. The van der Waals surface area contributed by atoms with Crippen molar-refractivity contribution >= 4 is 31.0 Å². The van der Waals surface area contributed by atoms with E-state index in [2.05, 4.69) is 0 Å². The third-order valence-electron chi connectivity index (χ3n) is 5.08. The molecule has 1 atom stereocenters. The average Bonchev–Trinajstić information content (AvgIpc) is 2.66. The summed E-state index contributed by atoms with van der Waals surface area (Å²) in [6, 6.07) is 7.75. The minimum Gasteiger partial charge on any atom is -0.507 e. The number of halogens is 4. The minimum absolute atomic E-state index is 0.0602. The Kier molecular flexibility index (Phi) is 9.13. The Morgan fingerprint density at radius 2 is 1.78 bits per heavy atom. The van der Waals surface area contributed by atoms with Gasteiger partial charge in [0.25, 0.3) is 0 Å². The van der Waals surface area contributed by atoms with Crippen LogP contribution in [0.15, 0.2) is 46.2 Å². The van der Waals surface area contributed by atoms with Crippen molar-refractivity contribution in [3.05, 3.63) is 52.5 Å². The van der Waals surface area contributed by atoms with Gasteiger partial charge in [0.05, 0.1) is 16.6 Å². The fourth-order valence-corrected chi connectivity index (χ4v) is 5.32. The first kappa shape index (κ1) is 27.0. The summed E-state index contributed by atoms with van der Waals surface area (Å²) in [5.41, 5.74) is 5.58. The number of benzene rings is 2. The second-order valence-corrected chi connectivity index (χ2v) is 11.1. The summed E-state index contributed by atoms with van der Waals surface area (Å²) in [6.07, 6.45) is -2.29. The fourth-order valence-electron chi connectivity index (χ4n) is 3.32. The standard InChI is InChI=1S/C21H26ClF3NO4PS/c1-2-8-20(26,10-11-31(28,29)30)9-7-14-3-5-16(13-17(14)22)32-19-12-15(21(23,24)25)4-6-18(19)27/h3-6,12-13,27H,2,7-11,26H2,1H3,(H2,28,29,30). The number of aryl methyl sites for hydroxylation is 1. The summed E-state index contributed by atoms with van der Waals surface area (Å²) in [5.74, 6) is -0.263. The van der Waals surface area contributed by atoms with E-state index < -0.39 is 24.9 Å². The molecule has 32 heavy (non-hydrogen) atoms. The largest absolute Gasteiger partial charge is 0.507 e. The Hall–Kier alpha value is -1.22. The van der Waals surface area contributed by atoms with Crippen molar-refractivity contribution in [3.63, 3.8) is 0 Å². The molecular weight excluding hydrogens is 486 g/mol. The van der Waals surface area contributed by atoms with Gasteiger partial charge in [-0.3, -0.25) is 4.57 Å². The molecule has 0 aromatic heterocycles. The van der Waals surface area contributed by atoms with Crippen molar-refractivity contribution in [3.8, 4) is 5.75 Å². The highest BCUT2D eigenvalue weighted by Gasteiger charge is 2.31. The van der Waals surface area contributed by atoms with E-state index in [-0.39, 0.29) is 23.2 Å². The molecule has 0 aliphatic heterocycles. The maximum Gasteiger partial charge on any atom is 0.416 e. The number of phenolic OH excluding ortho intramolecular Hbond substituents is 1. The number of alkyl halides is 3. The first-order valence-electron chi connectivity index (χ1n) is 9.92. The van der Waals surface area contributed by atoms with Crippen LogP contribution in [0.2, 0.25) is 5.02 Å². The quantitative estimate of drug-likeness (QED) is 0.283. The molecule has 0 radical (unpaired) electrons. The van der Waals surface area contributed by atoms with Gasteiger partial charge in [-0.1, -0.05) is 42.8 Å². The number of aromatic hydroxyl groups is 1. The van der Waals surface area contributed by atoms with Gasteiger partial charge >= 0.3 is 13.8 Å². The molecule has 0 spiro atoms. The van der Waals surface area contributed by atoms with Gasteiger partial charge in [0, 0.05) is 15.5 Å². The summed E-state index contributed by atoms with van der Waals surface area (Å²) in [4.78, 5) is 18.9. The number of hydrogen-bond acceptors (Lipinski definition) is 4. The first-order valence-corrected chi connectivity index (χ1v) is 12.9. The summed E-state index contributed by atoms with van der Waals surface area (Å²) < 4.78 is 50.1. The van der Waals surface area contributed by atoms with Gasteiger partial charge in [-0.2, -0.15) is 13.2 Å². The average molecular weight is 512 g/mol. The van der Waals surface area contributed by atoms with Crippen LogP contribution in [0, 0.1) is 0 Å².